The number of nitrogens with one attached hydrogen (secondary N) is 1. The Morgan fingerprint density at radius 3 is 2.22 bits per heavy atom. The molecule has 7 heteroatoms. The molecule has 0 bridgehead atoms. The number of rotatable bonds is 6. The molecule has 0 atom stereocenters. The number of alkyl halides is 1. The molecule has 0 amide bonds. The minimum absolute atomic E-state index is 0.148. The van der Waals surface area contributed by atoms with Crippen LogP contribution in [-0.4, -0.2) is 24.4 Å². The Bertz CT molecular complexity index is 479. The molecule has 0 aliphatic heterocycles. The van der Waals surface area contributed by atoms with Crippen LogP contribution >= 0.6 is 15.9 Å². The van der Waals surface area contributed by atoms with Gasteiger partial charge in [-0.2, -0.15) is 0 Å². The molecular weight excluding hydrogens is 320 g/mol. The van der Waals surface area contributed by atoms with E-state index in [1.807, 2.05) is 13.8 Å². The first-order valence-corrected chi connectivity index (χ1v) is 8.45. The van der Waals surface area contributed by atoms with Gasteiger partial charge in [0.05, 0.1) is 0 Å². The average molecular weight is 339 g/mol. The smallest absolute Gasteiger partial charge is 0.246 e. The van der Waals surface area contributed by atoms with Crippen LogP contribution in [0.5, 0.6) is 0 Å². The summed E-state index contributed by atoms with van der Waals surface area (Å²) >= 11 is 3.38. The molecule has 1 aromatic rings. The van der Waals surface area contributed by atoms with E-state index in [1.54, 1.807) is 13.8 Å². The summed E-state index contributed by atoms with van der Waals surface area (Å²) < 4.78 is 32.5. The number of aryl methyl sites for hydroxylation is 2. The van der Waals surface area contributed by atoms with Crippen LogP contribution in [0.25, 0.3) is 0 Å². The van der Waals surface area contributed by atoms with Gasteiger partial charge in [-0.25, -0.2) is 13.1 Å². The number of hydrogen-bond donors (Lipinski definition) is 1. The van der Waals surface area contributed by atoms with Crippen LogP contribution in [0, 0.1) is 13.8 Å². The zero-order chi connectivity index (χ0) is 14.0. The van der Waals surface area contributed by atoms with E-state index in [0.717, 1.165) is 0 Å². The molecule has 0 radical (unpaired) electrons. The Morgan fingerprint density at radius 2 is 1.89 bits per heavy atom. The summed E-state index contributed by atoms with van der Waals surface area (Å²) in [6, 6.07) is 0. The molecule has 1 N–H and O–H groups in total. The van der Waals surface area contributed by atoms with E-state index in [2.05, 4.69) is 25.8 Å². The lowest BCUT2D eigenvalue weighted by Crippen LogP contribution is -2.49. The van der Waals surface area contributed by atoms with E-state index in [9.17, 15) is 8.42 Å². The minimum Gasteiger partial charge on any atom is -0.360 e. The van der Waals surface area contributed by atoms with Crippen molar-refractivity contribution in [2.45, 2.75) is 51.0 Å². The van der Waals surface area contributed by atoms with Crippen molar-refractivity contribution in [2.75, 3.05) is 5.33 Å². The number of nitrogens with zero attached hydrogens (tertiary/aromatic N) is 1. The second-order valence-electron chi connectivity index (χ2n) is 4.38. The monoisotopic (exact) mass is 338 g/mol. The highest BCUT2D eigenvalue weighted by molar-refractivity contribution is 9.09. The zero-order valence-corrected chi connectivity index (χ0v) is 13.5. The lowest BCUT2D eigenvalue weighted by Gasteiger charge is -2.30. The summed E-state index contributed by atoms with van der Waals surface area (Å²) in [4.78, 5) is 0.148. The Morgan fingerprint density at radius 1 is 1.33 bits per heavy atom. The fourth-order valence-corrected chi connectivity index (χ4v) is 4.80. The van der Waals surface area contributed by atoms with Crippen LogP contribution in [-0.2, 0) is 10.0 Å². The molecule has 18 heavy (non-hydrogen) atoms. The van der Waals surface area contributed by atoms with Crippen LogP contribution in [0.1, 0.15) is 38.1 Å². The number of aromatic nitrogens is 1. The van der Waals surface area contributed by atoms with Gasteiger partial charge in [0, 0.05) is 10.9 Å². The van der Waals surface area contributed by atoms with Gasteiger partial charge in [0.1, 0.15) is 10.6 Å². The van der Waals surface area contributed by atoms with Gasteiger partial charge in [-0.1, -0.05) is 34.9 Å². The maximum absolute atomic E-state index is 12.4. The molecule has 0 aromatic carbocycles. The van der Waals surface area contributed by atoms with E-state index in [1.165, 1.54) is 0 Å². The normalized spacial score (nSPS) is 12.9. The van der Waals surface area contributed by atoms with Gasteiger partial charge in [0.2, 0.25) is 10.0 Å². The highest BCUT2D eigenvalue weighted by atomic mass is 79.9. The van der Waals surface area contributed by atoms with Crippen molar-refractivity contribution >= 4 is 26.0 Å². The van der Waals surface area contributed by atoms with Crippen LogP contribution in [0.4, 0.5) is 0 Å². The number of sulfonamides is 1. The van der Waals surface area contributed by atoms with E-state index in [-0.39, 0.29) is 4.90 Å². The quantitative estimate of drug-likeness (QED) is 0.809. The predicted octanol–water partition coefficient (Wildman–Crippen LogP) is 2.52. The van der Waals surface area contributed by atoms with E-state index < -0.39 is 15.6 Å². The van der Waals surface area contributed by atoms with Crippen molar-refractivity contribution in [1.29, 1.82) is 0 Å². The predicted molar refractivity (Wildman–Crippen MR) is 73.4 cm³/mol. The first-order valence-electron chi connectivity index (χ1n) is 5.84. The van der Waals surface area contributed by atoms with E-state index >= 15 is 0 Å². The summed E-state index contributed by atoms with van der Waals surface area (Å²) in [5, 5.41) is 4.25. The van der Waals surface area contributed by atoms with Crippen molar-refractivity contribution in [3.8, 4) is 0 Å². The molecule has 0 aliphatic rings. The van der Waals surface area contributed by atoms with Gasteiger partial charge in [-0.05, 0) is 26.7 Å². The summed E-state index contributed by atoms with van der Waals surface area (Å²) in [6.07, 6.45) is 1.41. The van der Waals surface area contributed by atoms with Gasteiger partial charge >= 0.3 is 0 Å². The molecule has 1 rings (SSSR count). The fraction of sp³-hybridized carbons (Fsp3) is 0.727. The topological polar surface area (TPSA) is 72.2 Å². The molecule has 0 aliphatic carbocycles. The van der Waals surface area contributed by atoms with Crippen molar-refractivity contribution in [2.24, 2.45) is 0 Å². The van der Waals surface area contributed by atoms with Gasteiger partial charge < -0.3 is 4.52 Å². The molecule has 1 aromatic heterocycles. The molecule has 1 heterocycles. The van der Waals surface area contributed by atoms with E-state index in [0.29, 0.717) is 29.6 Å². The molecule has 0 saturated heterocycles. The first kappa shape index (κ1) is 15.7. The van der Waals surface area contributed by atoms with Crippen LogP contribution < -0.4 is 4.72 Å². The highest BCUT2D eigenvalue weighted by Gasteiger charge is 2.34. The van der Waals surface area contributed by atoms with Crippen molar-refractivity contribution in [3.63, 3.8) is 0 Å². The number of halogens is 1. The van der Waals surface area contributed by atoms with Crippen molar-refractivity contribution in [3.05, 3.63) is 11.5 Å². The zero-order valence-electron chi connectivity index (χ0n) is 11.1. The second-order valence-corrected chi connectivity index (χ2v) is 6.56. The maximum atomic E-state index is 12.4. The Labute approximate surface area is 116 Å². The van der Waals surface area contributed by atoms with Gasteiger partial charge in [-0.15, -0.1) is 0 Å². The Balaban J connectivity index is 3.17. The molecule has 5 nitrogen and oxygen atoms in total. The third-order valence-corrected chi connectivity index (χ3v) is 6.09. The lowest BCUT2D eigenvalue weighted by atomic mass is 9.97. The van der Waals surface area contributed by atoms with Crippen LogP contribution in [0.2, 0.25) is 0 Å². The van der Waals surface area contributed by atoms with Crippen LogP contribution in [0.15, 0.2) is 9.42 Å². The third kappa shape index (κ3) is 2.95. The third-order valence-electron chi connectivity index (χ3n) is 3.20. The fourth-order valence-electron chi connectivity index (χ4n) is 1.80. The summed E-state index contributed by atoms with van der Waals surface area (Å²) in [6.45, 7) is 7.14. The Kier molecular flexibility index (Phi) is 4.97. The second kappa shape index (κ2) is 5.71. The summed E-state index contributed by atoms with van der Waals surface area (Å²) in [5.74, 6) is 0.315. The highest BCUT2D eigenvalue weighted by Crippen LogP contribution is 2.25. The lowest BCUT2D eigenvalue weighted by molar-refractivity contribution is 0.388. The Hall–Kier alpha value is -0.400. The molecule has 0 spiro atoms. The van der Waals surface area contributed by atoms with Crippen molar-refractivity contribution in [1.82, 2.24) is 9.88 Å². The minimum atomic E-state index is -3.61. The molecule has 0 unspecified atom stereocenters. The van der Waals surface area contributed by atoms with E-state index in [4.69, 9.17) is 4.52 Å². The van der Waals surface area contributed by atoms with Crippen molar-refractivity contribution < 1.29 is 12.9 Å². The summed E-state index contributed by atoms with van der Waals surface area (Å²) in [5.41, 5.74) is -0.0923. The van der Waals surface area contributed by atoms with Gasteiger partial charge in [0.25, 0.3) is 0 Å². The molecule has 0 fully saturated rings. The maximum Gasteiger partial charge on any atom is 0.246 e. The van der Waals surface area contributed by atoms with Gasteiger partial charge in [-0.3, -0.25) is 0 Å². The molecule has 0 saturated carbocycles. The van der Waals surface area contributed by atoms with Crippen LogP contribution in [0.3, 0.4) is 0 Å². The SMILES string of the molecule is CCC(CC)(CBr)NS(=O)(=O)c1c(C)noc1C. The standard InChI is InChI=1S/C11H19BrN2O3S/c1-5-11(6-2,7-12)14-18(15,16)10-8(3)13-17-9(10)4/h14H,5-7H2,1-4H3. The average Bonchev–Trinajstić information content (AvgIpc) is 2.67. The van der Waals surface area contributed by atoms with Gasteiger partial charge in [0.15, 0.2) is 5.76 Å². The first-order chi connectivity index (χ1) is 8.32. The molecule has 104 valence electrons. The summed E-state index contributed by atoms with van der Waals surface area (Å²) in [7, 11) is -3.61. The largest absolute Gasteiger partial charge is 0.360 e. The molecular formula is C11H19BrN2O3S. The number of hydrogen-bond acceptors (Lipinski definition) is 4.